The highest BCUT2D eigenvalue weighted by Gasteiger charge is 2.43. The van der Waals surface area contributed by atoms with Gasteiger partial charge in [0.25, 0.3) is 0 Å². The van der Waals surface area contributed by atoms with E-state index in [4.69, 9.17) is 0 Å². The van der Waals surface area contributed by atoms with Gasteiger partial charge in [-0.1, -0.05) is 0 Å². The van der Waals surface area contributed by atoms with Crippen molar-refractivity contribution in [2.45, 2.75) is 32.2 Å². The maximum Gasteiger partial charge on any atom is 0.245 e. The molecule has 21 heavy (non-hydrogen) atoms. The second kappa shape index (κ2) is 5.57. The summed E-state index contributed by atoms with van der Waals surface area (Å²) in [6.45, 7) is 4.83. The van der Waals surface area contributed by atoms with Crippen molar-refractivity contribution in [3.63, 3.8) is 0 Å². The van der Waals surface area contributed by atoms with Crippen LogP contribution in [0.2, 0.25) is 0 Å². The number of nitrogens with zero attached hydrogens (tertiary/aromatic N) is 2. The van der Waals surface area contributed by atoms with Gasteiger partial charge >= 0.3 is 0 Å². The van der Waals surface area contributed by atoms with E-state index in [9.17, 15) is 18.0 Å². The Morgan fingerprint density at radius 1 is 1.33 bits per heavy atom. The van der Waals surface area contributed by atoms with Crippen molar-refractivity contribution in [3.8, 4) is 0 Å². The van der Waals surface area contributed by atoms with Gasteiger partial charge in [0.05, 0.1) is 12.8 Å². The van der Waals surface area contributed by atoms with E-state index in [2.05, 4.69) is 5.32 Å². The van der Waals surface area contributed by atoms with E-state index < -0.39 is 15.6 Å². The molecule has 2 aliphatic rings. The molecule has 2 amide bonds. The molecule has 0 aliphatic carbocycles. The van der Waals surface area contributed by atoms with Crippen molar-refractivity contribution in [1.29, 1.82) is 0 Å². The molecular formula is C13H23N3O4S. The van der Waals surface area contributed by atoms with Crippen LogP contribution in [0.4, 0.5) is 0 Å². The fourth-order valence-electron chi connectivity index (χ4n) is 2.97. The van der Waals surface area contributed by atoms with Crippen LogP contribution in [0.5, 0.6) is 0 Å². The van der Waals surface area contributed by atoms with Gasteiger partial charge in [-0.05, 0) is 32.6 Å². The Hall–Kier alpha value is -1.15. The summed E-state index contributed by atoms with van der Waals surface area (Å²) in [5.74, 6) is -0.212. The summed E-state index contributed by atoms with van der Waals surface area (Å²) in [6, 6.07) is 0. The minimum Gasteiger partial charge on any atom is -0.345 e. The van der Waals surface area contributed by atoms with Crippen molar-refractivity contribution in [2.75, 3.05) is 32.4 Å². The topological polar surface area (TPSA) is 86.8 Å². The Bertz CT molecular complexity index is 544. The first-order valence-electron chi connectivity index (χ1n) is 7.16. The fourth-order valence-corrected chi connectivity index (χ4v) is 3.91. The van der Waals surface area contributed by atoms with Crippen molar-refractivity contribution in [3.05, 3.63) is 0 Å². The molecule has 120 valence electrons. The molecule has 2 aliphatic heterocycles. The second-order valence-corrected chi connectivity index (χ2v) is 8.36. The lowest BCUT2D eigenvalue weighted by molar-refractivity contribution is -0.152. The van der Waals surface area contributed by atoms with Gasteiger partial charge in [0.1, 0.15) is 5.54 Å². The zero-order valence-corrected chi connectivity index (χ0v) is 13.6. The van der Waals surface area contributed by atoms with Gasteiger partial charge in [0.15, 0.2) is 0 Å². The number of hydrogen-bond donors (Lipinski definition) is 1. The SMILES string of the molecule is CC1(C)C(=O)NCC(=O)N1CC1CCCN(S(C)(=O)=O)C1. The quantitative estimate of drug-likeness (QED) is 0.753. The maximum atomic E-state index is 12.1. The molecular weight excluding hydrogens is 294 g/mol. The Morgan fingerprint density at radius 3 is 2.62 bits per heavy atom. The summed E-state index contributed by atoms with van der Waals surface area (Å²) in [5.41, 5.74) is -0.886. The van der Waals surface area contributed by atoms with Crippen LogP contribution in [-0.4, -0.2) is 67.4 Å². The number of hydrogen-bond acceptors (Lipinski definition) is 4. The van der Waals surface area contributed by atoms with Gasteiger partial charge in [0.2, 0.25) is 21.8 Å². The number of amides is 2. The zero-order valence-electron chi connectivity index (χ0n) is 12.8. The van der Waals surface area contributed by atoms with Crippen LogP contribution < -0.4 is 5.32 Å². The van der Waals surface area contributed by atoms with Crippen LogP contribution in [0.1, 0.15) is 26.7 Å². The summed E-state index contributed by atoms with van der Waals surface area (Å²) in [5, 5.41) is 2.59. The first kappa shape index (κ1) is 16.2. The third kappa shape index (κ3) is 3.37. The van der Waals surface area contributed by atoms with Crippen LogP contribution in [0, 0.1) is 5.92 Å². The third-order valence-corrected chi connectivity index (χ3v) is 5.59. The number of nitrogens with one attached hydrogen (secondary N) is 1. The molecule has 2 heterocycles. The molecule has 1 N–H and O–H groups in total. The number of piperidine rings is 1. The Balaban J connectivity index is 2.09. The lowest BCUT2D eigenvalue weighted by Crippen LogP contribution is -2.65. The van der Waals surface area contributed by atoms with Crippen LogP contribution in [0.25, 0.3) is 0 Å². The van der Waals surface area contributed by atoms with E-state index in [1.54, 1.807) is 18.7 Å². The zero-order chi connectivity index (χ0) is 15.8. The molecule has 2 rings (SSSR count). The summed E-state index contributed by atoms with van der Waals surface area (Å²) in [4.78, 5) is 25.6. The molecule has 0 bridgehead atoms. The Morgan fingerprint density at radius 2 is 2.00 bits per heavy atom. The van der Waals surface area contributed by atoms with Crippen LogP contribution in [0.3, 0.4) is 0 Å². The summed E-state index contributed by atoms with van der Waals surface area (Å²) >= 11 is 0. The smallest absolute Gasteiger partial charge is 0.245 e. The molecule has 0 spiro atoms. The number of sulfonamides is 1. The van der Waals surface area contributed by atoms with Gasteiger partial charge in [0, 0.05) is 19.6 Å². The average Bonchev–Trinajstić information content (AvgIpc) is 2.39. The minimum atomic E-state index is -3.20. The minimum absolute atomic E-state index is 0.0186. The molecule has 7 nitrogen and oxygen atoms in total. The molecule has 2 saturated heterocycles. The highest BCUT2D eigenvalue weighted by atomic mass is 32.2. The highest BCUT2D eigenvalue weighted by molar-refractivity contribution is 7.88. The number of carbonyl (C=O) groups excluding carboxylic acids is 2. The van der Waals surface area contributed by atoms with Gasteiger partial charge < -0.3 is 10.2 Å². The van der Waals surface area contributed by atoms with E-state index in [0.29, 0.717) is 19.6 Å². The summed E-state index contributed by atoms with van der Waals surface area (Å²) in [6.07, 6.45) is 2.86. The van der Waals surface area contributed by atoms with E-state index in [-0.39, 0.29) is 24.3 Å². The van der Waals surface area contributed by atoms with Crippen molar-refractivity contribution >= 4 is 21.8 Å². The fraction of sp³-hybridized carbons (Fsp3) is 0.846. The standard InChI is InChI=1S/C13H23N3O4S/c1-13(2)12(18)14-7-11(17)16(13)9-10-5-4-6-15(8-10)21(3,19)20/h10H,4-9H2,1-3H3,(H,14,18). The maximum absolute atomic E-state index is 12.1. The average molecular weight is 317 g/mol. The van der Waals surface area contributed by atoms with Gasteiger partial charge in [-0.25, -0.2) is 12.7 Å². The molecule has 1 atom stereocenters. The van der Waals surface area contributed by atoms with Crippen molar-refractivity contribution < 1.29 is 18.0 Å². The second-order valence-electron chi connectivity index (χ2n) is 6.38. The Kier molecular flexibility index (Phi) is 4.30. The predicted octanol–water partition coefficient (Wildman–Crippen LogP) is -0.605. The van der Waals surface area contributed by atoms with Crippen LogP contribution in [-0.2, 0) is 19.6 Å². The molecule has 0 saturated carbocycles. The monoisotopic (exact) mass is 317 g/mol. The molecule has 0 aromatic heterocycles. The van der Waals surface area contributed by atoms with E-state index in [0.717, 1.165) is 12.8 Å². The van der Waals surface area contributed by atoms with Gasteiger partial charge in [-0.2, -0.15) is 0 Å². The van der Waals surface area contributed by atoms with Crippen molar-refractivity contribution in [2.24, 2.45) is 5.92 Å². The van der Waals surface area contributed by atoms with Crippen LogP contribution in [0.15, 0.2) is 0 Å². The normalized spacial score (nSPS) is 27.6. The predicted molar refractivity (Wildman–Crippen MR) is 77.9 cm³/mol. The van der Waals surface area contributed by atoms with Gasteiger partial charge in [-0.3, -0.25) is 9.59 Å². The Labute approximate surface area is 125 Å². The van der Waals surface area contributed by atoms with Crippen molar-refractivity contribution in [1.82, 2.24) is 14.5 Å². The molecule has 0 radical (unpaired) electrons. The molecule has 8 heteroatoms. The first-order chi connectivity index (χ1) is 9.62. The molecule has 0 aromatic carbocycles. The lowest BCUT2D eigenvalue weighted by Gasteiger charge is -2.44. The molecule has 1 unspecified atom stereocenters. The molecule has 0 aromatic rings. The van der Waals surface area contributed by atoms with Crippen LogP contribution >= 0.6 is 0 Å². The van der Waals surface area contributed by atoms with E-state index >= 15 is 0 Å². The first-order valence-corrected chi connectivity index (χ1v) is 9.01. The number of carbonyl (C=O) groups is 2. The van der Waals surface area contributed by atoms with E-state index in [1.165, 1.54) is 10.6 Å². The number of rotatable bonds is 3. The third-order valence-electron chi connectivity index (χ3n) is 4.32. The summed E-state index contributed by atoms with van der Waals surface area (Å²) < 4.78 is 24.8. The number of piperazine rings is 1. The highest BCUT2D eigenvalue weighted by Crippen LogP contribution is 2.25. The molecule has 2 fully saturated rings. The van der Waals surface area contributed by atoms with E-state index in [1.807, 2.05) is 0 Å². The summed E-state index contributed by atoms with van der Waals surface area (Å²) in [7, 11) is -3.20. The van der Waals surface area contributed by atoms with Gasteiger partial charge in [-0.15, -0.1) is 0 Å². The lowest BCUT2D eigenvalue weighted by atomic mass is 9.93. The largest absolute Gasteiger partial charge is 0.345 e.